The van der Waals surface area contributed by atoms with Crippen LogP contribution in [0, 0.1) is 0 Å². The second-order valence-electron chi connectivity index (χ2n) is 4.38. The van der Waals surface area contributed by atoms with E-state index in [0.717, 1.165) is 31.1 Å². The highest BCUT2D eigenvalue weighted by Gasteiger charge is 2.15. The molecule has 5 heteroatoms. The second-order valence-corrected chi connectivity index (χ2v) is 5.29. The monoisotopic (exact) mass is 240 g/mol. The number of thioether (sulfide) groups is 1. The second kappa shape index (κ2) is 5.68. The van der Waals surface area contributed by atoms with Crippen LogP contribution in [-0.4, -0.2) is 32.8 Å². The first-order chi connectivity index (χ1) is 7.81. The van der Waals surface area contributed by atoms with Crippen molar-refractivity contribution in [1.29, 1.82) is 0 Å². The average Bonchev–Trinajstić information content (AvgIpc) is 2.70. The zero-order valence-electron chi connectivity index (χ0n) is 10.1. The predicted octanol–water partition coefficient (Wildman–Crippen LogP) is 1.46. The van der Waals surface area contributed by atoms with Gasteiger partial charge in [0.2, 0.25) is 0 Å². The topological polar surface area (TPSA) is 42.7 Å². The van der Waals surface area contributed by atoms with E-state index in [-0.39, 0.29) is 0 Å². The molecular weight excluding hydrogens is 220 g/mol. The molecule has 2 rings (SSSR count). The van der Waals surface area contributed by atoms with Crippen molar-refractivity contribution in [3.8, 4) is 0 Å². The van der Waals surface area contributed by atoms with E-state index in [1.54, 1.807) is 0 Å². The summed E-state index contributed by atoms with van der Waals surface area (Å²) in [5.41, 5.74) is 0. The predicted molar refractivity (Wildman–Crippen MR) is 67.6 cm³/mol. The minimum absolute atomic E-state index is 0.534. The maximum absolute atomic E-state index is 4.27. The molecule has 0 amide bonds. The highest BCUT2D eigenvalue weighted by Crippen LogP contribution is 2.14. The van der Waals surface area contributed by atoms with E-state index in [9.17, 15) is 0 Å². The molecule has 0 fully saturated rings. The molecule has 0 radical (unpaired) electrons. The Bertz CT molecular complexity index is 337. The maximum Gasteiger partial charge on any atom is 0.147 e. The summed E-state index contributed by atoms with van der Waals surface area (Å²) in [6.45, 7) is 4.15. The molecule has 0 saturated carbocycles. The molecule has 0 aliphatic carbocycles. The molecule has 0 bridgehead atoms. The van der Waals surface area contributed by atoms with Crippen LogP contribution in [0.15, 0.2) is 0 Å². The smallest absolute Gasteiger partial charge is 0.147 e. The summed E-state index contributed by atoms with van der Waals surface area (Å²) in [5, 5.41) is 12.0. The molecule has 0 aromatic carbocycles. The first kappa shape index (κ1) is 11.9. The average molecular weight is 240 g/mol. The van der Waals surface area contributed by atoms with Gasteiger partial charge >= 0.3 is 0 Å². The van der Waals surface area contributed by atoms with E-state index in [1.807, 2.05) is 11.8 Å². The number of hydrogen-bond donors (Lipinski definition) is 1. The van der Waals surface area contributed by atoms with Crippen molar-refractivity contribution in [3.63, 3.8) is 0 Å². The standard InChI is InChI=1S/C11H20N4S/c1-9(8-16-2)12-7-11-14-13-10-5-3-4-6-15(10)11/h9,12H,3-8H2,1-2H3. The Morgan fingerprint density at radius 1 is 1.44 bits per heavy atom. The molecule has 0 spiro atoms. The van der Waals surface area contributed by atoms with Crippen LogP contribution in [0.5, 0.6) is 0 Å². The van der Waals surface area contributed by atoms with Crippen LogP contribution >= 0.6 is 11.8 Å². The maximum atomic E-state index is 4.27. The molecule has 2 heterocycles. The summed E-state index contributed by atoms with van der Waals surface area (Å²) in [5.74, 6) is 3.41. The first-order valence-electron chi connectivity index (χ1n) is 5.94. The lowest BCUT2D eigenvalue weighted by molar-refractivity contribution is 0.488. The van der Waals surface area contributed by atoms with Crippen LogP contribution in [0.25, 0.3) is 0 Å². The van der Waals surface area contributed by atoms with Gasteiger partial charge in [-0.05, 0) is 26.0 Å². The Hall–Kier alpha value is -0.550. The Kier molecular flexibility index (Phi) is 4.23. The number of rotatable bonds is 5. The number of nitrogens with one attached hydrogen (secondary N) is 1. The zero-order valence-corrected chi connectivity index (χ0v) is 10.9. The number of nitrogens with zero attached hydrogens (tertiary/aromatic N) is 3. The van der Waals surface area contributed by atoms with Crippen molar-refractivity contribution in [3.05, 3.63) is 11.6 Å². The SMILES string of the molecule is CSCC(C)NCc1nnc2n1CCCC2. The van der Waals surface area contributed by atoms with Crippen molar-refractivity contribution in [2.45, 2.75) is 45.3 Å². The van der Waals surface area contributed by atoms with Gasteiger partial charge in [-0.15, -0.1) is 10.2 Å². The highest BCUT2D eigenvalue weighted by atomic mass is 32.2. The summed E-state index contributed by atoms with van der Waals surface area (Å²) < 4.78 is 2.28. The van der Waals surface area contributed by atoms with Crippen LogP contribution < -0.4 is 5.32 Å². The fourth-order valence-corrected chi connectivity index (χ4v) is 2.69. The molecule has 1 aromatic heterocycles. The normalized spacial score (nSPS) is 17.1. The van der Waals surface area contributed by atoms with Gasteiger partial charge in [-0.2, -0.15) is 11.8 Å². The van der Waals surface area contributed by atoms with E-state index in [0.29, 0.717) is 6.04 Å². The molecular formula is C11H20N4S. The van der Waals surface area contributed by atoms with Crippen molar-refractivity contribution in [2.75, 3.05) is 12.0 Å². The Labute approximate surface area is 101 Å². The highest BCUT2D eigenvalue weighted by molar-refractivity contribution is 7.98. The molecule has 0 saturated heterocycles. The van der Waals surface area contributed by atoms with Gasteiger partial charge in [0, 0.05) is 24.8 Å². The summed E-state index contributed by atoms with van der Waals surface area (Å²) >= 11 is 1.87. The molecule has 1 unspecified atom stereocenters. The summed E-state index contributed by atoms with van der Waals surface area (Å²) in [6, 6.07) is 0.534. The fraction of sp³-hybridized carbons (Fsp3) is 0.818. The van der Waals surface area contributed by atoms with E-state index in [4.69, 9.17) is 0 Å². The molecule has 1 aliphatic rings. The molecule has 90 valence electrons. The number of aryl methyl sites for hydroxylation is 1. The third-order valence-corrected chi connectivity index (χ3v) is 3.79. The van der Waals surface area contributed by atoms with Gasteiger partial charge < -0.3 is 9.88 Å². The lowest BCUT2D eigenvalue weighted by Crippen LogP contribution is -2.29. The van der Waals surface area contributed by atoms with Gasteiger partial charge in [-0.1, -0.05) is 0 Å². The van der Waals surface area contributed by atoms with Gasteiger partial charge in [-0.3, -0.25) is 0 Å². The lowest BCUT2D eigenvalue weighted by Gasteiger charge is -2.16. The van der Waals surface area contributed by atoms with Crippen LogP contribution in [0.4, 0.5) is 0 Å². The minimum Gasteiger partial charge on any atom is -0.314 e. The van der Waals surface area contributed by atoms with Gasteiger partial charge in [0.25, 0.3) is 0 Å². The largest absolute Gasteiger partial charge is 0.314 e. The Morgan fingerprint density at radius 3 is 3.12 bits per heavy atom. The first-order valence-corrected chi connectivity index (χ1v) is 7.34. The van der Waals surface area contributed by atoms with Crippen molar-refractivity contribution < 1.29 is 0 Å². The number of fused-ring (bicyclic) bond motifs is 1. The van der Waals surface area contributed by atoms with Crippen LogP contribution in [0.1, 0.15) is 31.4 Å². The summed E-state index contributed by atoms with van der Waals surface area (Å²) in [7, 11) is 0. The molecule has 1 aromatic rings. The fourth-order valence-electron chi connectivity index (χ4n) is 2.07. The third kappa shape index (κ3) is 2.77. The van der Waals surface area contributed by atoms with Crippen LogP contribution in [0.3, 0.4) is 0 Å². The Morgan fingerprint density at radius 2 is 2.31 bits per heavy atom. The minimum atomic E-state index is 0.534. The van der Waals surface area contributed by atoms with Gasteiger partial charge in [0.15, 0.2) is 0 Å². The van der Waals surface area contributed by atoms with Crippen molar-refractivity contribution in [1.82, 2.24) is 20.1 Å². The molecule has 1 atom stereocenters. The quantitative estimate of drug-likeness (QED) is 0.846. The van der Waals surface area contributed by atoms with Crippen molar-refractivity contribution >= 4 is 11.8 Å². The van der Waals surface area contributed by atoms with E-state index < -0.39 is 0 Å². The third-order valence-electron chi connectivity index (χ3n) is 2.96. The van der Waals surface area contributed by atoms with E-state index in [2.05, 4.69) is 33.3 Å². The van der Waals surface area contributed by atoms with Gasteiger partial charge in [0.05, 0.1) is 6.54 Å². The van der Waals surface area contributed by atoms with E-state index in [1.165, 1.54) is 18.7 Å². The summed E-state index contributed by atoms with van der Waals surface area (Å²) in [6.07, 6.45) is 5.75. The lowest BCUT2D eigenvalue weighted by atomic mass is 10.2. The number of hydrogen-bond acceptors (Lipinski definition) is 4. The molecule has 1 aliphatic heterocycles. The zero-order chi connectivity index (χ0) is 11.4. The molecule has 1 N–H and O–H groups in total. The van der Waals surface area contributed by atoms with Crippen LogP contribution in [-0.2, 0) is 19.5 Å². The van der Waals surface area contributed by atoms with Crippen LogP contribution in [0.2, 0.25) is 0 Å². The number of aromatic nitrogens is 3. The van der Waals surface area contributed by atoms with Gasteiger partial charge in [-0.25, -0.2) is 0 Å². The van der Waals surface area contributed by atoms with Gasteiger partial charge in [0.1, 0.15) is 11.6 Å². The molecule has 16 heavy (non-hydrogen) atoms. The van der Waals surface area contributed by atoms with E-state index >= 15 is 0 Å². The molecule has 4 nitrogen and oxygen atoms in total. The summed E-state index contributed by atoms with van der Waals surface area (Å²) in [4.78, 5) is 0. The Balaban J connectivity index is 1.92. The van der Waals surface area contributed by atoms with Crippen molar-refractivity contribution in [2.24, 2.45) is 0 Å².